The molecule has 1 aliphatic carbocycles. The van der Waals surface area contributed by atoms with Gasteiger partial charge in [-0.15, -0.1) is 6.58 Å². The number of fused-ring (bicyclic) bond motifs is 1. The Morgan fingerprint density at radius 2 is 2.15 bits per heavy atom. The van der Waals surface area contributed by atoms with E-state index in [1.54, 1.807) is 12.2 Å². The third-order valence-corrected chi connectivity index (χ3v) is 4.58. The lowest BCUT2D eigenvalue weighted by Crippen LogP contribution is -2.39. The van der Waals surface area contributed by atoms with Gasteiger partial charge in [-0.1, -0.05) is 18.2 Å². The number of unbranched alkanes of at least 4 members (excludes halogenated alkanes) is 1. The highest BCUT2D eigenvalue weighted by molar-refractivity contribution is 5.83. The number of aryl methyl sites for hydroxylation is 1. The molecule has 1 aromatic heterocycles. The van der Waals surface area contributed by atoms with Gasteiger partial charge < -0.3 is 15.9 Å². The molecule has 1 heterocycles. The van der Waals surface area contributed by atoms with Gasteiger partial charge in [-0.3, -0.25) is 4.79 Å². The van der Waals surface area contributed by atoms with Gasteiger partial charge in [-0.25, -0.2) is 14.4 Å². The van der Waals surface area contributed by atoms with Crippen LogP contribution in [-0.4, -0.2) is 32.4 Å². The summed E-state index contributed by atoms with van der Waals surface area (Å²) in [5.41, 5.74) is 6.88. The Hall–Kier alpha value is -2.38. The molecule has 2 unspecified atom stereocenters. The Bertz CT molecular complexity index is 820. The highest BCUT2D eigenvalue weighted by Crippen LogP contribution is 2.22. The van der Waals surface area contributed by atoms with E-state index in [-0.39, 0.29) is 12.3 Å². The van der Waals surface area contributed by atoms with Crippen LogP contribution in [0.2, 0.25) is 0 Å². The molecule has 27 heavy (non-hydrogen) atoms. The second-order valence-corrected chi connectivity index (χ2v) is 6.61. The van der Waals surface area contributed by atoms with Crippen LogP contribution in [-0.2, 0) is 11.2 Å². The highest BCUT2D eigenvalue weighted by Gasteiger charge is 2.19. The number of amides is 1. The van der Waals surface area contributed by atoms with E-state index < -0.39 is 18.1 Å². The first-order valence-electron chi connectivity index (χ1n) is 9.08. The minimum atomic E-state index is -1.33. The molecule has 2 atom stereocenters. The number of hydrogen-bond donors (Lipinski definition) is 3. The number of carbonyl (C=O) groups is 1. The van der Waals surface area contributed by atoms with Gasteiger partial charge in [0.25, 0.3) is 0 Å². The van der Waals surface area contributed by atoms with E-state index in [1.165, 1.54) is 6.08 Å². The van der Waals surface area contributed by atoms with Crippen LogP contribution in [0, 0.1) is 5.92 Å². The smallest absolute Gasteiger partial charge is 0.224 e. The first-order valence-corrected chi connectivity index (χ1v) is 9.08. The highest BCUT2D eigenvalue weighted by atomic mass is 19.1. The zero-order valence-electron chi connectivity index (χ0n) is 15.2. The summed E-state index contributed by atoms with van der Waals surface area (Å²) in [5.74, 6) is -0.992. The van der Waals surface area contributed by atoms with E-state index in [2.05, 4.69) is 6.58 Å². The molecule has 0 fully saturated rings. The summed E-state index contributed by atoms with van der Waals surface area (Å²) in [6, 6.07) is 0. The molecule has 0 bridgehead atoms. The van der Waals surface area contributed by atoms with Gasteiger partial charge >= 0.3 is 0 Å². The van der Waals surface area contributed by atoms with E-state index in [4.69, 9.17) is 25.9 Å². The van der Waals surface area contributed by atoms with Crippen molar-refractivity contribution in [1.82, 2.24) is 9.97 Å². The van der Waals surface area contributed by atoms with Gasteiger partial charge in [-0.05, 0) is 44.6 Å². The molecule has 2 rings (SSSR count). The number of aliphatic hydroxyl groups is 2. The third kappa shape index (κ3) is 5.80. The van der Waals surface area contributed by atoms with Crippen molar-refractivity contribution < 1.29 is 19.4 Å². The molecule has 1 amide bonds. The molecule has 0 aromatic carbocycles. The maximum absolute atomic E-state index is 12.5. The normalized spacial score (nSPS) is 17.3. The lowest BCUT2D eigenvalue weighted by atomic mass is 9.95. The lowest BCUT2D eigenvalue weighted by Gasteiger charge is -2.17. The van der Waals surface area contributed by atoms with Crippen LogP contribution in [0.25, 0.3) is 12.2 Å². The van der Waals surface area contributed by atoms with Crippen molar-refractivity contribution >= 4 is 18.1 Å². The maximum atomic E-state index is 12.5. The number of rotatable bonds is 10. The predicted octanol–water partition coefficient (Wildman–Crippen LogP) is 0.709. The number of aromatic nitrogens is 2. The number of nitrogens with zero attached hydrogens (tertiary/aromatic N) is 2. The predicted molar refractivity (Wildman–Crippen MR) is 101 cm³/mol. The van der Waals surface area contributed by atoms with E-state index in [9.17, 15) is 9.18 Å². The number of allylic oxidation sites excluding steroid dienone is 2. The van der Waals surface area contributed by atoms with E-state index >= 15 is 0 Å². The molecule has 6 nitrogen and oxygen atoms in total. The molecule has 0 spiro atoms. The van der Waals surface area contributed by atoms with Crippen LogP contribution in [0.4, 0.5) is 4.39 Å². The first-order chi connectivity index (χ1) is 13.0. The standard InChI is InChI=1S/C20H26FN3O3/c1-2-13(6-5-11-21)19-16(7-3-4-8-18(25)26)23-17-12-14(20(22)27)9-10-15(17)24-19/h2,5,10-14,18,25-26H,1,3-4,6-9H2,(H2,22,27)/b11-5+. The van der Waals surface area contributed by atoms with Crippen molar-refractivity contribution in [3.05, 3.63) is 47.1 Å². The van der Waals surface area contributed by atoms with Crippen LogP contribution >= 0.6 is 0 Å². The van der Waals surface area contributed by atoms with Gasteiger partial charge in [-0.2, -0.15) is 0 Å². The Labute approximate surface area is 157 Å². The number of aliphatic hydroxyl groups excluding tert-OH is 1. The molecule has 4 N–H and O–H groups in total. The van der Waals surface area contributed by atoms with Crippen LogP contribution in [0.3, 0.4) is 0 Å². The second-order valence-electron chi connectivity index (χ2n) is 6.61. The minimum Gasteiger partial charge on any atom is -0.369 e. The number of nitrogens with two attached hydrogens (primary N) is 1. The summed E-state index contributed by atoms with van der Waals surface area (Å²) < 4.78 is 12.5. The molecule has 1 aliphatic rings. The van der Waals surface area contributed by atoms with Crippen LogP contribution in [0.15, 0.2) is 25.1 Å². The van der Waals surface area contributed by atoms with Crippen LogP contribution < -0.4 is 16.4 Å². The van der Waals surface area contributed by atoms with Crippen molar-refractivity contribution in [1.29, 1.82) is 0 Å². The largest absolute Gasteiger partial charge is 0.369 e. The molecular formula is C20H26FN3O3. The Kier molecular flexibility index (Phi) is 7.82. The Balaban J connectivity index is 2.40. The molecule has 0 saturated heterocycles. The van der Waals surface area contributed by atoms with Crippen molar-refractivity contribution in [3.63, 3.8) is 0 Å². The van der Waals surface area contributed by atoms with Gasteiger partial charge in [0.05, 0.1) is 34.3 Å². The summed E-state index contributed by atoms with van der Waals surface area (Å²) in [5, 5.41) is 19.3. The SMILES string of the molecule is C=CC(C/C=C/F)c1nc2c(nc1CCCCC(O)O)=CC(C(N)=O)CC=2. The second kappa shape index (κ2) is 10.1. The Morgan fingerprint density at radius 1 is 1.37 bits per heavy atom. The fraction of sp³-hybridized carbons (Fsp3) is 0.450. The number of halogens is 1. The molecule has 0 saturated carbocycles. The molecule has 146 valence electrons. The third-order valence-electron chi connectivity index (χ3n) is 4.58. The van der Waals surface area contributed by atoms with Gasteiger partial charge in [0.1, 0.15) is 0 Å². The number of primary amides is 1. The van der Waals surface area contributed by atoms with Gasteiger partial charge in [0.15, 0.2) is 6.29 Å². The maximum Gasteiger partial charge on any atom is 0.224 e. The lowest BCUT2D eigenvalue weighted by molar-refractivity contribution is -0.119. The fourth-order valence-corrected chi connectivity index (χ4v) is 3.10. The summed E-state index contributed by atoms with van der Waals surface area (Å²) in [6.07, 6.45) is 8.98. The van der Waals surface area contributed by atoms with Crippen molar-refractivity contribution in [2.75, 3.05) is 0 Å². The quantitative estimate of drug-likeness (QED) is 0.317. The summed E-state index contributed by atoms with van der Waals surface area (Å²) in [6.45, 7) is 3.83. The van der Waals surface area contributed by atoms with Crippen molar-refractivity contribution in [2.45, 2.75) is 50.7 Å². The van der Waals surface area contributed by atoms with E-state index in [0.717, 1.165) is 11.4 Å². The summed E-state index contributed by atoms with van der Waals surface area (Å²) >= 11 is 0. The summed E-state index contributed by atoms with van der Waals surface area (Å²) in [7, 11) is 0. The molecule has 1 aromatic rings. The fourth-order valence-electron chi connectivity index (χ4n) is 3.10. The zero-order chi connectivity index (χ0) is 19.8. The van der Waals surface area contributed by atoms with Crippen molar-refractivity contribution in [3.8, 4) is 0 Å². The van der Waals surface area contributed by atoms with Crippen molar-refractivity contribution in [2.24, 2.45) is 11.7 Å². The molecule has 7 heteroatoms. The first kappa shape index (κ1) is 20.9. The Morgan fingerprint density at radius 3 is 2.78 bits per heavy atom. The molecular weight excluding hydrogens is 349 g/mol. The monoisotopic (exact) mass is 375 g/mol. The number of carbonyl (C=O) groups excluding carboxylic acids is 1. The van der Waals surface area contributed by atoms with E-state index in [1.807, 2.05) is 6.08 Å². The minimum absolute atomic E-state index is 0.185. The van der Waals surface area contributed by atoms with E-state index in [0.29, 0.717) is 49.1 Å². The molecule has 0 aliphatic heterocycles. The zero-order valence-corrected chi connectivity index (χ0v) is 15.2. The van der Waals surface area contributed by atoms with Crippen LogP contribution in [0.1, 0.15) is 49.4 Å². The topological polar surface area (TPSA) is 109 Å². The summed E-state index contributed by atoms with van der Waals surface area (Å²) in [4.78, 5) is 20.9. The van der Waals surface area contributed by atoms with Crippen LogP contribution in [0.5, 0.6) is 0 Å². The number of hydrogen-bond acceptors (Lipinski definition) is 5. The average Bonchev–Trinajstić information content (AvgIpc) is 2.65. The van der Waals surface area contributed by atoms with Gasteiger partial charge in [0, 0.05) is 5.92 Å². The average molecular weight is 375 g/mol. The molecule has 0 radical (unpaired) electrons. The van der Waals surface area contributed by atoms with Gasteiger partial charge in [0.2, 0.25) is 5.91 Å².